The van der Waals surface area contributed by atoms with E-state index in [4.69, 9.17) is 9.47 Å². The first-order valence-electron chi connectivity index (χ1n) is 11.8. The van der Waals surface area contributed by atoms with Crippen LogP contribution >= 0.6 is 0 Å². The van der Waals surface area contributed by atoms with Gasteiger partial charge in [-0.1, -0.05) is 68.3 Å². The van der Waals surface area contributed by atoms with E-state index in [1.165, 1.54) is 0 Å². The van der Waals surface area contributed by atoms with Crippen LogP contribution in [-0.2, 0) is 19.1 Å². The van der Waals surface area contributed by atoms with Crippen LogP contribution in [0.15, 0.2) is 66.7 Å². The number of unbranched alkanes of at least 4 members (excludes halogenated alkanes) is 2. The number of carbonyl (C=O) groups is 3. The van der Waals surface area contributed by atoms with Gasteiger partial charge in [-0.05, 0) is 35.8 Å². The highest BCUT2D eigenvalue weighted by Gasteiger charge is 2.50. The fraction of sp³-hybridized carbons (Fsp3) is 0.393. The predicted octanol–water partition coefficient (Wildman–Crippen LogP) is 5.54. The number of ether oxygens (including phenoxy) is 2. The van der Waals surface area contributed by atoms with Gasteiger partial charge in [-0.15, -0.1) is 0 Å². The van der Waals surface area contributed by atoms with E-state index in [-0.39, 0.29) is 29.7 Å². The Bertz CT molecular complexity index is 1010. The first kappa shape index (κ1) is 23.0. The van der Waals surface area contributed by atoms with Gasteiger partial charge in [-0.2, -0.15) is 0 Å². The first-order valence-corrected chi connectivity index (χ1v) is 11.8. The van der Waals surface area contributed by atoms with Crippen LogP contribution in [0.4, 0.5) is 0 Å². The molecule has 172 valence electrons. The second-order valence-electron chi connectivity index (χ2n) is 8.88. The zero-order chi connectivity index (χ0) is 23.2. The van der Waals surface area contributed by atoms with Crippen molar-refractivity contribution in [3.05, 3.63) is 72.3 Å². The molecular weight excluding hydrogens is 416 g/mol. The van der Waals surface area contributed by atoms with Gasteiger partial charge in [0.2, 0.25) is 0 Å². The highest BCUT2D eigenvalue weighted by atomic mass is 16.6. The van der Waals surface area contributed by atoms with Gasteiger partial charge in [0.05, 0.1) is 12.0 Å². The van der Waals surface area contributed by atoms with E-state index in [0.29, 0.717) is 24.8 Å². The van der Waals surface area contributed by atoms with E-state index in [0.717, 1.165) is 30.4 Å². The maximum Gasteiger partial charge on any atom is 0.338 e. The summed E-state index contributed by atoms with van der Waals surface area (Å²) >= 11 is 0. The summed E-state index contributed by atoms with van der Waals surface area (Å²) in [6.45, 7) is 2.10. The second-order valence-corrected chi connectivity index (χ2v) is 8.88. The fourth-order valence-electron chi connectivity index (χ4n) is 4.78. The van der Waals surface area contributed by atoms with Gasteiger partial charge in [-0.25, -0.2) is 4.79 Å². The molecule has 1 saturated heterocycles. The lowest BCUT2D eigenvalue weighted by atomic mass is 9.91. The van der Waals surface area contributed by atoms with Gasteiger partial charge >= 0.3 is 11.9 Å². The minimum absolute atomic E-state index is 0.0598. The summed E-state index contributed by atoms with van der Waals surface area (Å²) in [6, 6.07) is 17.3. The maximum atomic E-state index is 12.9. The summed E-state index contributed by atoms with van der Waals surface area (Å²) in [7, 11) is 0. The maximum absolute atomic E-state index is 12.9. The van der Waals surface area contributed by atoms with Gasteiger partial charge in [0, 0.05) is 24.7 Å². The molecule has 2 aliphatic rings. The first-order chi connectivity index (χ1) is 16.0. The van der Waals surface area contributed by atoms with Crippen molar-refractivity contribution >= 4 is 17.7 Å². The average molecular weight is 447 g/mol. The Morgan fingerprint density at radius 2 is 1.76 bits per heavy atom. The molecule has 2 aromatic rings. The number of hydrogen-bond acceptors (Lipinski definition) is 5. The Morgan fingerprint density at radius 3 is 2.48 bits per heavy atom. The Labute approximate surface area is 194 Å². The van der Waals surface area contributed by atoms with E-state index >= 15 is 0 Å². The SMILES string of the molecule is CCCCCC(=O)/C=C/C1[C@H]2CC(=O)O[C@H]2C[C@H]1OC(=O)c1ccc(-c2ccccc2)cc1. The lowest BCUT2D eigenvalue weighted by Gasteiger charge is -2.20. The van der Waals surface area contributed by atoms with E-state index in [9.17, 15) is 14.4 Å². The molecule has 0 spiro atoms. The number of benzene rings is 2. The number of allylic oxidation sites excluding steroid dienone is 1. The number of esters is 2. The van der Waals surface area contributed by atoms with Crippen LogP contribution in [0.25, 0.3) is 11.1 Å². The highest BCUT2D eigenvalue weighted by Crippen LogP contribution is 2.43. The average Bonchev–Trinajstić information content (AvgIpc) is 3.33. The summed E-state index contributed by atoms with van der Waals surface area (Å²) in [5.41, 5.74) is 2.58. The molecule has 4 atom stereocenters. The molecule has 5 heteroatoms. The number of fused-ring (bicyclic) bond motifs is 1. The van der Waals surface area contributed by atoms with Crippen LogP contribution in [0.5, 0.6) is 0 Å². The smallest absolute Gasteiger partial charge is 0.338 e. The highest BCUT2D eigenvalue weighted by molar-refractivity contribution is 5.91. The third-order valence-corrected chi connectivity index (χ3v) is 6.57. The molecule has 0 N–H and O–H groups in total. The minimum atomic E-state index is -0.422. The summed E-state index contributed by atoms with van der Waals surface area (Å²) in [4.78, 5) is 36.9. The second kappa shape index (κ2) is 10.6. The Balaban J connectivity index is 1.43. The van der Waals surface area contributed by atoms with Crippen LogP contribution in [0.3, 0.4) is 0 Å². The van der Waals surface area contributed by atoms with Crippen molar-refractivity contribution in [2.75, 3.05) is 0 Å². The molecule has 2 fully saturated rings. The monoisotopic (exact) mass is 446 g/mol. The Hall–Kier alpha value is -3.21. The van der Waals surface area contributed by atoms with E-state index < -0.39 is 12.1 Å². The molecule has 0 aromatic heterocycles. The number of rotatable bonds is 9. The van der Waals surface area contributed by atoms with Crippen molar-refractivity contribution in [1.29, 1.82) is 0 Å². The molecule has 4 rings (SSSR count). The molecule has 2 aromatic carbocycles. The largest absolute Gasteiger partial charge is 0.462 e. The van der Waals surface area contributed by atoms with Crippen molar-refractivity contribution in [2.45, 2.75) is 57.7 Å². The molecule has 1 unspecified atom stereocenters. The topological polar surface area (TPSA) is 69.7 Å². The molecule has 1 saturated carbocycles. The van der Waals surface area contributed by atoms with Crippen molar-refractivity contribution in [3.8, 4) is 11.1 Å². The van der Waals surface area contributed by atoms with Crippen LogP contribution in [0.1, 0.15) is 55.8 Å². The molecule has 1 aliphatic heterocycles. The predicted molar refractivity (Wildman–Crippen MR) is 125 cm³/mol. The lowest BCUT2D eigenvalue weighted by Crippen LogP contribution is -2.25. The third-order valence-electron chi connectivity index (χ3n) is 6.57. The van der Waals surface area contributed by atoms with Gasteiger partial charge in [0.1, 0.15) is 12.2 Å². The van der Waals surface area contributed by atoms with E-state index in [1.54, 1.807) is 18.2 Å². The van der Waals surface area contributed by atoms with Crippen LogP contribution < -0.4 is 0 Å². The van der Waals surface area contributed by atoms with Crippen molar-refractivity contribution < 1.29 is 23.9 Å². The molecule has 0 amide bonds. The van der Waals surface area contributed by atoms with Crippen LogP contribution in [0.2, 0.25) is 0 Å². The lowest BCUT2D eigenvalue weighted by molar-refractivity contribution is -0.141. The summed E-state index contributed by atoms with van der Waals surface area (Å²) in [5.74, 6) is -0.823. The van der Waals surface area contributed by atoms with Gasteiger partial charge in [-0.3, -0.25) is 9.59 Å². The Morgan fingerprint density at radius 1 is 1.03 bits per heavy atom. The molecule has 5 nitrogen and oxygen atoms in total. The molecule has 0 radical (unpaired) electrons. The normalized spacial score (nSPS) is 24.0. The van der Waals surface area contributed by atoms with Crippen molar-refractivity contribution in [1.82, 2.24) is 0 Å². The molecular formula is C28H30O5. The van der Waals surface area contributed by atoms with Gasteiger partial charge in [0.15, 0.2) is 5.78 Å². The van der Waals surface area contributed by atoms with E-state index in [1.807, 2.05) is 48.5 Å². The molecule has 0 bridgehead atoms. The third kappa shape index (κ3) is 5.59. The van der Waals surface area contributed by atoms with Crippen molar-refractivity contribution in [3.63, 3.8) is 0 Å². The van der Waals surface area contributed by atoms with Crippen molar-refractivity contribution in [2.24, 2.45) is 11.8 Å². The zero-order valence-electron chi connectivity index (χ0n) is 18.9. The number of ketones is 1. The zero-order valence-corrected chi connectivity index (χ0v) is 18.9. The number of hydrogen-bond donors (Lipinski definition) is 0. The summed E-state index contributed by atoms with van der Waals surface area (Å²) < 4.78 is 11.3. The van der Waals surface area contributed by atoms with Gasteiger partial charge < -0.3 is 9.47 Å². The fourth-order valence-corrected chi connectivity index (χ4v) is 4.78. The minimum Gasteiger partial charge on any atom is -0.462 e. The molecule has 1 aliphatic carbocycles. The van der Waals surface area contributed by atoms with E-state index in [2.05, 4.69) is 6.92 Å². The Kier molecular flexibility index (Phi) is 7.38. The quantitative estimate of drug-likeness (QED) is 0.287. The van der Waals surface area contributed by atoms with Crippen LogP contribution in [-0.4, -0.2) is 29.9 Å². The van der Waals surface area contributed by atoms with Gasteiger partial charge in [0.25, 0.3) is 0 Å². The molecule has 1 heterocycles. The molecule has 33 heavy (non-hydrogen) atoms. The summed E-state index contributed by atoms with van der Waals surface area (Å²) in [5, 5.41) is 0. The van der Waals surface area contributed by atoms with Crippen LogP contribution in [0, 0.1) is 11.8 Å². The summed E-state index contributed by atoms with van der Waals surface area (Å²) in [6.07, 6.45) is 6.97. The standard InChI is InChI=1S/C28H30O5/c1-2-3-5-10-22(29)15-16-23-24-17-27(30)32-26(24)18-25(23)33-28(31)21-13-11-20(12-14-21)19-8-6-4-7-9-19/h4,6-9,11-16,23-26H,2-3,5,10,17-18H2,1H3/b16-15+/t23?,24-,25-,26+/m1/s1. The number of carbonyl (C=O) groups excluding carboxylic acids is 3.